The summed E-state index contributed by atoms with van der Waals surface area (Å²) in [7, 11) is 0. The lowest BCUT2D eigenvalue weighted by molar-refractivity contribution is -0.118. The Morgan fingerprint density at radius 2 is 1.86 bits per heavy atom. The number of amides is 1. The highest BCUT2D eigenvalue weighted by atomic mass is 35.5. The molecule has 4 rings (SSSR count). The van der Waals surface area contributed by atoms with Crippen molar-refractivity contribution in [1.82, 2.24) is 20.2 Å². The lowest BCUT2D eigenvalue weighted by atomic mass is 10.2. The molecule has 3 aromatic carbocycles. The van der Waals surface area contributed by atoms with Gasteiger partial charge < -0.3 is 9.84 Å². The Morgan fingerprint density at radius 1 is 1.11 bits per heavy atom. The van der Waals surface area contributed by atoms with Gasteiger partial charge in [0.1, 0.15) is 11.5 Å². The number of hydrogen-bond donors (Lipinski definition) is 2. The molecule has 0 spiro atoms. The lowest BCUT2D eigenvalue weighted by Crippen LogP contribution is -2.20. The van der Waals surface area contributed by atoms with E-state index in [4.69, 9.17) is 16.3 Å². The van der Waals surface area contributed by atoms with Gasteiger partial charge in [-0.2, -0.15) is 5.10 Å². The maximum atomic E-state index is 12.4. The van der Waals surface area contributed by atoms with Gasteiger partial charge in [0.25, 0.3) is 5.91 Å². The van der Waals surface area contributed by atoms with Gasteiger partial charge >= 0.3 is 0 Å². The van der Waals surface area contributed by atoms with Crippen molar-refractivity contribution in [3.8, 4) is 28.6 Å². The predicted molar refractivity (Wildman–Crippen MR) is 138 cm³/mol. The molecule has 4 aromatic rings. The van der Waals surface area contributed by atoms with E-state index in [1.54, 1.807) is 36.4 Å². The van der Waals surface area contributed by atoms with Crippen LogP contribution in [0.1, 0.15) is 12.5 Å². The van der Waals surface area contributed by atoms with Crippen molar-refractivity contribution in [3.05, 3.63) is 83.4 Å². The first-order valence-corrected chi connectivity index (χ1v) is 12.1. The number of hydrogen-bond acceptors (Lipinski definition) is 7. The van der Waals surface area contributed by atoms with Gasteiger partial charge in [0.05, 0.1) is 18.6 Å². The summed E-state index contributed by atoms with van der Waals surface area (Å²) in [6.07, 6.45) is 1.39. The number of hydrazone groups is 1. The van der Waals surface area contributed by atoms with Crippen molar-refractivity contribution in [2.24, 2.45) is 5.10 Å². The smallest absolute Gasteiger partial charge is 0.250 e. The second-order valence-electron chi connectivity index (χ2n) is 7.22. The standard InChI is InChI=1S/C25H22ClN5O3S/c1-2-34-21-13-11-20(12-14-21)31-24(17-7-9-19(26)10-8-17)29-30-25(31)35-16-23(33)28-27-15-18-5-3-4-6-22(18)32/h3-15,32H,2,16H2,1H3,(H,28,33)/b27-15-. The van der Waals surface area contributed by atoms with E-state index < -0.39 is 0 Å². The number of phenolic OH excluding ortho intramolecular Hbond substituents is 1. The summed E-state index contributed by atoms with van der Waals surface area (Å²) in [5.41, 5.74) is 4.62. The van der Waals surface area contributed by atoms with E-state index in [-0.39, 0.29) is 17.4 Å². The fourth-order valence-electron chi connectivity index (χ4n) is 3.17. The topological polar surface area (TPSA) is 102 Å². The van der Waals surface area contributed by atoms with Crippen molar-refractivity contribution in [3.63, 3.8) is 0 Å². The molecule has 35 heavy (non-hydrogen) atoms. The van der Waals surface area contributed by atoms with Gasteiger partial charge in [-0.25, -0.2) is 5.43 Å². The number of nitrogens with zero attached hydrogens (tertiary/aromatic N) is 4. The fraction of sp³-hybridized carbons (Fsp3) is 0.120. The summed E-state index contributed by atoms with van der Waals surface area (Å²) in [6, 6.07) is 21.6. The molecule has 10 heteroatoms. The Morgan fingerprint density at radius 3 is 2.57 bits per heavy atom. The molecule has 0 aliphatic rings. The van der Waals surface area contributed by atoms with Crippen LogP contribution in [0.5, 0.6) is 11.5 Å². The monoisotopic (exact) mass is 507 g/mol. The number of aromatic nitrogens is 3. The average Bonchev–Trinajstić information content (AvgIpc) is 3.29. The van der Waals surface area contributed by atoms with Crippen LogP contribution >= 0.6 is 23.4 Å². The molecule has 0 aliphatic carbocycles. The van der Waals surface area contributed by atoms with Gasteiger partial charge in [0, 0.05) is 21.8 Å². The largest absolute Gasteiger partial charge is 0.507 e. The summed E-state index contributed by atoms with van der Waals surface area (Å²) in [5.74, 6) is 1.20. The van der Waals surface area contributed by atoms with E-state index in [9.17, 15) is 9.90 Å². The molecule has 0 saturated heterocycles. The van der Waals surface area contributed by atoms with Gasteiger partial charge in [0.2, 0.25) is 0 Å². The minimum atomic E-state index is -0.323. The molecule has 0 unspecified atom stereocenters. The van der Waals surface area contributed by atoms with E-state index in [2.05, 4.69) is 20.7 Å². The van der Waals surface area contributed by atoms with Crippen LogP contribution < -0.4 is 10.2 Å². The van der Waals surface area contributed by atoms with Crippen LogP contribution in [-0.2, 0) is 4.79 Å². The van der Waals surface area contributed by atoms with Crippen molar-refractivity contribution in [1.29, 1.82) is 0 Å². The van der Waals surface area contributed by atoms with Crippen molar-refractivity contribution >= 4 is 35.5 Å². The number of nitrogens with one attached hydrogen (secondary N) is 1. The first kappa shape index (κ1) is 24.3. The number of phenols is 1. The molecule has 0 bridgehead atoms. The Kier molecular flexibility index (Phi) is 8.02. The SMILES string of the molecule is CCOc1ccc(-n2c(SCC(=O)N/N=C\c3ccccc3O)nnc2-c2ccc(Cl)cc2)cc1. The third-order valence-electron chi connectivity index (χ3n) is 4.80. The van der Waals surface area contributed by atoms with Crippen LogP contribution in [0.3, 0.4) is 0 Å². The molecule has 1 amide bonds. The first-order chi connectivity index (χ1) is 17.0. The van der Waals surface area contributed by atoms with Crippen LogP contribution in [-0.4, -0.2) is 44.4 Å². The van der Waals surface area contributed by atoms with Gasteiger partial charge in [-0.15, -0.1) is 10.2 Å². The highest BCUT2D eigenvalue weighted by molar-refractivity contribution is 7.99. The van der Waals surface area contributed by atoms with E-state index in [1.807, 2.05) is 47.9 Å². The Balaban J connectivity index is 1.53. The van der Waals surface area contributed by atoms with E-state index >= 15 is 0 Å². The Labute approximate surface area is 211 Å². The minimum absolute atomic E-state index is 0.0634. The van der Waals surface area contributed by atoms with Gasteiger partial charge in [-0.05, 0) is 67.6 Å². The van der Waals surface area contributed by atoms with Crippen LogP contribution in [0, 0.1) is 0 Å². The summed E-state index contributed by atoms with van der Waals surface area (Å²) < 4.78 is 7.43. The molecule has 1 aromatic heterocycles. The molecule has 2 N–H and O–H groups in total. The number of thioether (sulfide) groups is 1. The van der Waals surface area contributed by atoms with Gasteiger partial charge in [0.15, 0.2) is 11.0 Å². The number of aromatic hydroxyl groups is 1. The molecule has 0 fully saturated rings. The highest BCUT2D eigenvalue weighted by Gasteiger charge is 2.17. The first-order valence-electron chi connectivity index (χ1n) is 10.7. The molecule has 0 saturated carbocycles. The maximum Gasteiger partial charge on any atom is 0.250 e. The van der Waals surface area contributed by atoms with E-state index in [0.29, 0.717) is 28.2 Å². The second-order valence-corrected chi connectivity index (χ2v) is 8.60. The Bertz CT molecular complexity index is 1320. The fourth-order valence-corrected chi connectivity index (χ4v) is 4.04. The summed E-state index contributed by atoms with van der Waals surface area (Å²) in [6.45, 7) is 2.50. The molecule has 0 atom stereocenters. The third kappa shape index (κ3) is 6.20. The van der Waals surface area contributed by atoms with E-state index in [0.717, 1.165) is 17.0 Å². The highest BCUT2D eigenvalue weighted by Crippen LogP contribution is 2.29. The number of halogens is 1. The molecule has 8 nitrogen and oxygen atoms in total. The Hall–Kier alpha value is -3.82. The summed E-state index contributed by atoms with van der Waals surface area (Å²) in [5, 5.41) is 23.6. The molecule has 178 valence electrons. The number of ether oxygens (including phenoxy) is 1. The third-order valence-corrected chi connectivity index (χ3v) is 5.98. The molecular weight excluding hydrogens is 486 g/mol. The quantitative estimate of drug-likeness (QED) is 0.189. The van der Waals surface area contributed by atoms with Crippen molar-refractivity contribution in [2.45, 2.75) is 12.1 Å². The zero-order chi connectivity index (χ0) is 24.6. The van der Waals surface area contributed by atoms with Crippen LogP contribution in [0.25, 0.3) is 17.1 Å². The van der Waals surface area contributed by atoms with Gasteiger partial charge in [-0.3, -0.25) is 9.36 Å². The zero-order valence-electron chi connectivity index (χ0n) is 18.8. The molecule has 1 heterocycles. The van der Waals surface area contributed by atoms with Gasteiger partial charge in [-0.1, -0.05) is 35.5 Å². The number of para-hydroxylation sites is 1. The number of rotatable bonds is 9. The molecular formula is C25H22ClN5O3S. The summed E-state index contributed by atoms with van der Waals surface area (Å²) >= 11 is 7.28. The minimum Gasteiger partial charge on any atom is -0.507 e. The zero-order valence-corrected chi connectivity index (χ0v) is 20.3. The van der Waals surface area contributed by atoms with Crippen molar-refractivity contribution < 1.29 is 14.6 Å². The molecule has 0 aliphatic heterocycles. The number of carbonyl (C=O) groups excluding carboxylic acids is 1. The maximum absolute atomic E-state index is 12.4. The molecule has 0 radical (unpaired) electrons. The summed E-state index contributed by atoms with van der Waals surface area (Å²) in [4.78, 5) is 12.4. The second kappa shape index (κ2) is 11.5. The number of benzene rings is 3. The van der Waals surface area contributed by atoms with Crippen LogP contribution in [0.15, 0.2) is 83.1 Å². The van der Waals surface area contributed by atoms with E-state index in [1.165, 1.54) is 18.0 Å². The van der Waals surface area contributed by atoms with Crippen molar-refractivity contribution in [2.75, 3.05) is 12.4 Å². The van der Waals surface area contributed by atoms with Crippen LogP contribution in [0.4, 0.5) is 0 Å². The lowest BCUT2D eigenvalue weighted by Gasteiger charge is -2.11. The van der Waals surface area contributed by atoms with Crippen LogP contribution in [0.2, 0.25) is 5.02 Å². The predicted octanol–water partition coefficient (Wildman–Crippen LogP) is 4.93. The number of carbonyl (C=O) groups is 1. The average molecular weight is 508 g/mol. The normalized spacial score (nSPS) is 11.0.